The molecule has 0 radical (unpaired) electrons. The average molecular weight is 352 g/mol. The van der Waals surface area contributed by atoms with Crippen LogP contribution in [0.5, 0.6) is 0 Å². The number of alkyl halides is 3. The van der Waals surface area contributed by atoms with Gasteiger partial charge in [0.05, 0.1) is 41.8 Å². The zero-order valence-electron chi connectivity index (χ0n) is 11.8. The van der Waals surface area contributed by atoms with E-state index in [0.29, 0.717) is 6.07 Å². The third-order valence-corrected chi connectivity index (χ3v) is 3.75. The van der Waals surface area contributed by atoms with Gasteiger partial charge in [0, 0.05) is 6.54 Å². The van der Waals surface area contributed by atoms with Crippen LogP contribution in [0.15, 0.2) is 18.2 Å². The molecule has 0 saturated carbocycles. The Morgan fingerprint density at radius 3 is 2.70 bits per heavy atom. The van der Waals surface area contributed by atoms with Gasteiger partial charge in [-0.3, -0.25) is 9.59 Å². The number of ether oxygens (including phenoxy) is 1. The zero-order chi connectivity index (χ0) is 17.2. The number of hydrogen-bond donors (Lipinski definition) is 1. The fourth-order valence-corrected chi connectivity index (χ4v) is 2.51. The molecule has 9 heteroatoms. The van der Waals surface area contributed by atoms with Crippen LogP contribution in [-0.4, -0.2) is 47.7 Å². The second kappa shape index (κ2) is 6.76. The van der Waals surface area contributed by atoms with Gasteiger partial charge in [-0.25, -0.2) is 0 Å². The molecule has 1 fully saturated rings. The van der Waals surface area contributed by atoms with Crippen molar-refractivity contribution in [2.75, 3.05) is 19.8 Å². The van der Waals surface area contributed by atoms with Gasteiger partial charge in [0.1, 0.15) is 0 Å². The number of carbonyl (C=O) groups is 2. The fraction of sp³-hybridized carbons (Fsp3) is 0.429. The highest BCUT2D eigenvalue weighted by molar-refractivity contribution is 6.33. The lowest BCUT2D eigenvalue weighted by Gasteiger charge is -2.35. The second-order valence-corrected chi connectivity index (χ2v) is 5.42. The minimum Gasteiger partial charge on any atom is -0.481 e. The number of hydrogen-bond acceptors (Lipinski definition) is 3. The number of amides is 1. The Kier molecular flexibility index (Phi) is 5.16. The summed E-state index contributed by atoms with van der Waals surface area (Å²) in [7, 11) is 0. The van der Waals surface area contributed by atoms with Gasteiger partial charge in [-0.2, -0.15) is 13.2 Å². The first-order valence-electron chi connectivity index (χ1n) is 6.67. The average Bonchev–Trinajstić information content (AvgIpc) is 2.46. The summed E-state index contributed by atoms with van der Waals surface area (Å²) < 4.78 is 43.5. The molecule has 1 aromatic carbocycles. The topological polar surface area (TPSA) is 66.8 Å². The van der Waals surface area contributed by atoms with Gasteiger partial charge in [-0.05, 0) is 18.2 Å². The van der Waals surface area contributed by atoms with Crippen LogP contribution in [0.4, 0.5) is 13.2 Å². The van der Waals surface area contributed by atoms with Gasteiger partial charge in [0.25, 0.3) is 5.91 Å². The summed E-state index contributed by atoms with van der Waals surface area (Å²) in [6.45, 7) is 0.274. The predicted octanol–water partition coefficient (Wildman–Crippen LogP) is 2.67. The standard InChI is InChI=1S/C14H13ClF3NO4/c15-11-2-1-8(14(16,17)18)5-10(11)13(22)19-3-4-23-7-9(19)6-12(20)21/h1-2,5,9H,3-4,6-7H2,(H,20,21). The second-order valence-electron chi connectivity index (χ2n) is 5.02. The molecule has 2 rings (SSSR count). The maximum atomic E-state index is 12.8. The van der Waals surface area contributed by atoms with Crippen LogP contribution >= 0.6 is 11.6 Å². The van der Waals surface area contributed by atoms with Crippen molar-refractivity contribution in [2.45, 2.75) is 18.6 Å². The molecule has 5 nitrogen and oxygen atoms in total. The minimum atomic E-state index is -4.61. The van der Waals surface area contributed by atoms with E-state index in [-0.39, 0.29) is 36.8 Å². The first-order chi connectivity index (χ1) is 10.7. The smallest absolute Gasteiger partial charge is 0.416 e. The van der Waals surface area contributed by atoms with E-state index >= 15 is 0 Å². The summed E-state index contributed by atoms with van der Waals surface area (Å²) in [4.78, 5) is 24.6. The van der Waals surface area contributed by atoms with Crippen LogP contribution in [-0.2, 0) is 15.7 Å². The molecular formula is C14H13ClF3NO4. The Hall–Kier alpha value is -1.80. The molecule has 1 saturated heterocycles. The number of morpholine rings is 1. The normalized spacial score (nSPS) is 18.8. The Morgan fingerprint density at radius 1 is 1.39 bits per heavy atom. The SMILES string of the molecule is O=C(O)CC1COCCN1C(=O)c1cc(C(F)(F)F)ccc1Cl. The Labute approximate surface area is 134 Å². The van der Waals surface area contributed by atoms with Gasteiger partial charge < -0.3 is 14.7 Å². The van der Waals surface area contributed by atoms with Crippen molar-refractivity contribution in [3.8, 4) is 0 Å². The predicted molar refractivity (Wildman–Crippen MR) is 74.4 cm³/mol. The van der Waals surface area contributed by atoms with Crippen LogP contribution in [0.1, 0.15) is 22.3 Å². The lowest BCUT2D eigenvalue weighted by atomic mass is 10.1. The number of nitrogens with zero attached hydrogens (tertiary/aromatic N) is 1. The maximum absolute atomic E-state index is 12.8. The number of benzene rings is 1. The highest BCUT2D eigenvalue weighted by Gasteiger charge is 2.34. The number of halogens is 4. The fourth-order valence-electron chi connectivity index (χ4n) is 2.31. The van der Waals surface area contributed by atoms with Crippen molar-refractivity contribution >= 4 is 23.5 Å². The number of rotatable bonds is 3. The van der Waals surface area contributed by atoms with Crippen molar-refractivity contribution in [3.05, 3.63) is 34.3 Å². The Balaban J connectivity index is 2.32. The summed E-state index contributed by atoms with van der Waals surface area (Å²) in [6.07, 6.45) is -4.96. The number of aliphatic carboxylic acids is 1. The highest BCUT2D eigenvalue weighted by Crippen LogP contribution is 2.32. The van der Waals surface area contributed by atoms with E-state index in [2.05, 4.69) is 0 Å². The maximum Gasteiger partial charge on any atom is 0.416 e. The minimum absolute atomic E-state index is 0.00855. The van der Waals surface area contributed by atoms with E-state index in [1.807, 2.05) is 0 Å². The molecule has 1 heterocycles. The first-order valence-corrected chi connectivity index (χ1v) is 7.05. The summed E-state index contributed by atoms with van der Waals surface area (Å²) in [5.74, 6) is -1.87. The number of carbonyl (C=O) groups excluding carboxylic acids is 1. The molecule has 0 aromatic heterocycles. The molecule has 1 amide bonds. The third kappa shape index (κ3) is 4.14. The summed E-state index contributed by atoms with van der Waals surface area (Å²) >= 11 is 5.85. The number of carboxylic acid groups (broad SMARTS) is 1. The Bertz CT molecular complexity index is 621. The molecule has 126 valence electrons. The zero-order valence-corrected chi connectivity index (χ0v) is 12.5. The van der Waals surface area contributed by atoms with Crippen molar-refractivity contribution in [2.24, 2.45) is 0 Å². The van der Waals surface area contributed by atoms with Crippen molar-refractivity contribution in [3.63, 3.8) is 0 Å². The molecule has 1 aliphatic rings. The Morgan fingerprint density at radius 2 is 2.09 bits per heavy atom. The lowest BCUT2D eigenvalue weighted by Crippen LogP contribution is -2.49. The van der Waals surface area contributed by atoms with Gasteiger partial charge in [-0.1, -0.05) is 11.6 Å². The van der Waals surface area contributed by atoms with Gasteiger partial charge in [0.2, 0.25) is 0 Å². The van der Waals surface area contributed by atoms with Crippen molar-refractivity contribution in [1.82, 2.24) is 4.90 Å². The summed E-state index contributed by atoms with van der Waals surface area (Å²) in [5.41, 5.74) is -1.30. The molecular weight excluding hydrogens is 339 g/mol. The quantitative estimate of drug-likeness (QED) is 0.909. The van der Waals surface area contributed by atoms with Crippen LogP contribution in [0.25, 0.3) is 0 Å². The van der Waals surface area contributed by atoms with Crippen LogP contribution in [0, 0.1) is 0 Å². The molecule has 1 N–H and O–H groups in total. The van der Waals surface area contributed by atoms with Gasteiger partial charge >= 0.3 is 12.1 Å². The monoisotopic (exact) mass is 351 g/mol. The van der Waals surface area contributed by atoms with Crippen LogP contribution in [0.3, 0.4) is 0 Å². The third-order valence-electron chi connectivity index (χ3n) is 3.42. The van der Waals surface area contributed by atoms with Crippen LogP contribution < -0.4 is 0 Å². The molecule has 0 bridgehead atoms. The van der Waals surface area contributed by atoms with Crippen molar-refractivity contribution in [1.29, 1.82) is 0 Å². The van der Waals surface area contributed by atoms with Crippen LogP contribution in [0.2, 0.25) is 5.02 Å². The molecule has 23 heavy (non-hydrogen) atoms. The molecule has 1 unspecified atom stereocenters. The molecule has 1 aromatic rings. The lowest BCUT2D eigenvalue weighted by molar-refractivity contribution is -0.139. The number of carboxylic acids is 1. The highest BCUT2D eigenvalue weighted by atomic mass is 35.5. The molecule has 0 spiro atoms. The van der Waals surface area contributed by atoms with Gasteiger partial charge in [0.15, 0.2) is 0 Å². The molecule has 1 aliphatic heterocycles. The van der Waals surface area contributed by atoms with E-state index in [1.54, 1.807) is 0 Å². The van der Waals surface area contributed by atoms with E-state index in [9.17, 15) is 22.8 Å². The van der Waals surface area contributed by atoms with E-state index < -0.39 is 29.7 Å². The van der Waals surface area contributed by atoms with E-state index in [1.165, 1.54) is 4.90 Å². The molecule has 1 atom stereocenters. The summed E-state index contributed by atoms with van der Waals surface area (Å²) in [6, 6.07) is 1.72. The van der Waals surface area contributed by atoms with E-state index in [0.717, 1.165) is 12.1 Å². The van der Waals surface area contributed by atoms with Gasteiger partial charge in [-0.15, -0.1) is 0 Å². The van der Waals surface area contributed by atoms with Crippen molar-refractivity contribution < 1.29 is 32.6 Å². The first kappa shape index (κ1) is 17.6. The largest absolute Gasteiger partial charge is 0.481 e. The molecule has 0 aliphatic carbocycles. The summed E-state index contributed by atoms with van der Waals surface area (Å²) in [5, 5.41) is 8.75. The van der Waals surface area contributed by atoms with E-state index in [4.69, 9.17) is 21.4 Å².